The first-order valence-electron chi connectivity index (χ1n) is 6.70. The average Bonchev–Trinajstić information content (AvgIpc) is 2.72. The number of benzene rings is 1. The molecule has 19 heavy (non-hydrogen) atoms. The fourth-order valence-corrected chi connectivity index (χ4v) is 3.16. The van der Waals surface area contributed by atoms with E-state index in [1.165, 1.54) is 0 Å². The van der Waals surface area contributed by atoms with E-state index in [-0.39, 0.29) is 11.5 Å². The third-order valence-corrected chi connectivity index (χ3v) is 4.38. The van der Waals surface area contributed by atoms with Gasteiger partial charge in [0.05, 0.1) is 13.2 Å². The predicted octanol–water partition coefficient (Wildman–Crippen LogP) is 2.91. The molecular weight excluding hydrogens is 262 g/mol. The Balaban J connectivity index is 2.29. The SMILES string of the molecule is CNCC1(Cc2cc(Cl)ccc2OC)CCOC1C. The molecule has 1 heterocycles. The minimum Gasteiger partial charge on any atom is -0.496 e. The van der Waals surface area contributed by atoms with Crippen LogP contribution in [0.3, 0.4) is 0 Å². The Hall–Kier alpha value is -0.770. The molecular formula is C15H22ClNO2. The van der Waals surface area contributed by atoms with Gasteiger partial charge in [0.2, 0.25) is 0 Å². The molecule has 2 rings (SSSR count). The van der Waals surface area contributed by atoms with Gasteiger partial charge in [0.25, 0.3) is 0 Å². The van der Waals surface area contributed by atoms with E-state index >= 15 is 0 Å². The Morgan fingerprint density at radius 1 is 1.53 bits per heavy atom. The van der Waals surface area contributed by atoms with Crippen molar-refractivity contribution in [2.45, 2.75) is 25.9 Å². The van der Waals surface area contributed by atoms with Gasteiger partial charge in [-0.2, -0.15) is 0 Å². The van der Waals surface area contributed by atoms with Crippen LogP contribution in [0, 0.1) is 5.41 Å². The number of hydrogen-bond donors (Lipinski definition) is 1. The van der Waals surface area contributed by atoms with Gasteiger partial charge in [-0.25, -0.2) is 0 Å². The molecule has 1 aliphatic rings. The van der Waals surface area contributed by atoms with Crippen molar-refractivity contribution in [3.63, 3.8) is 0 Å². The van der Waals surface area contributed by atoms with Crippen molar-refractivity contribution in [2.24, 2.45) is 5.41 Å². The van der Waals surface area contributed by atoms with Crippen molar-refractivity contribution in [2.75, 3.05) is 27.3 Å². The number of hydrogen-bond acceptors (Lipinski definition) is 3. The van der Waals surface area contributed by atoms with Gasteiger partial charge in [-0.1, -0.05) is 11.6 Å². The second kappa shape index (κ2) is 6.12. The monoisotopic (exact) mass is 283 g/mol. The largest absolute Gasteiger partial charge is 0.496 e. The predicted molar refractivity (Wildman–Crippen MR) is 78.1 cm³/mol. The highest BCUT2D eigenvalue weighted by atomic mass is 35.5. The first kappa shape index (κ1) is 14.6. The molecule has 2 atom stereocenters. The minimum atomic E-state index is 0.118. The lowest BCUT2D eigenvalue weighted by Crippen LogP contribution is -2.40. The molecule has 0 bridgehead atoms. The third kappa shape index (κ3) is 3.04. The molecule has 0 saturated carbocycles. The maximum Gasteiger partial charge on any atom is 0.122 e. The summed E-state index contributed by atoms with van der Waals surface area (Å²) in [5.41, 5.74) is 1.27. The highest BCUT2D eigenvalue weighted by Crippen LogP contribution is 2.40. The highest BCUT2D eigenvalue weighted by molar-refractivity contribution is 6.30. The number of methoxy groups -OCH3 is 1. The Bertz CT molecular complexity index is 438. The molecule has 2 unspecified atom stereocenters. The first-order chi connectivity index (χ1) is 9.11. The van der Waals surface area contributed by atoms with Crippen LogP contribution in [-0.4, -0.2) is 33.4 Å². The van der Waals surface area contributed by atoms with Gasteiger partial charge < -0.3 is 14.8 Å². The van der Waals surface area contributed by atoms with E-state index in [2.05, 4.69) is 12.2 Å². The van der Waals surface area contributed by atoms with Crippen molar-refractivity contribution in [3.05, 3.63) is 28.8 Å². The van der Waals surface area contributed by atoms with Crippen LogP contribution >= 0.6 is 11.6 Å². The van der Waals surface area contributed by atoms with Crippen LogP contribution in [0.5, 0.6) is 5.75 Å². The van der Waals surface area contributed by atoms with Crippen molar-refractivity contribution in [3.8, 4) is 5.75 Å². The van der Waals surface area contributed by atoms with Crippen LogP contribution in [-0.2, 0) is 11.2 Å². The zero-order valence-corrected chi connectivity index (χ0v) is 12.6. The van der Waals surface area contributed by atoms with Crippen molar-refractivity contribution >= 4 is 11.6 Å². The summed E-state index contributed by atoms with van der Waals surface area (Å²) in [6.07, 6.45) is 2.22. The van der Waals surface area contributed by atoms with E-state index in [4.69, 9.17) is 21.1 Å². The molecule has 0 aromatic heterocycles. The maximum atomic E-state index is 6.12. The molecule has 1 saturated heterocycles. The topological polar surface area (TPSA) is 30.5 Å². The van der Waals surface area contributed by atoms with E-state index in [9.17, 15) is 0 Å². The highest BCUT2D eigenvalue weighted by Gasteiger charge is 2.41. The Morgan fingerprint density at radius 2 is 2.32 bits per heavy atom. The summed E-state index contributed by atoms with van der Waals surface area (Å²) >= 11 is 6.12. The zero-order valence-electron chi connectivity index (χ0n) is 11.8. The van der Waals surface area contributed by atoms with Crippen molar-refractivity contribution in [1.82, 2.24) is 5.32 Å². The van der Waals surface area contributed by atoms with Crippen LogP contribution in [0.2, 0.25) is 5.02 Å². The summed E-state index contributed by atoms with van der Waals surface area (Å²) < 4.78 is 11.2. The molecule has 0 spiro atoms. The zero-order chi connectivity index (χ0) is 13.9. The fourth-order valence-electron chi connectivity index (χ4n) is 2.96. The van der Waals surface area contributed by atoms with E-state index in [1.807, 2.05) is 25.2 Å². The van der Waals surface area contributed by atoms with Gasteiger partial charge in [-0.05, 0) is 50.6 Å². The Kier molecular flexibility index (Phi) is 4.71. The lowest BCUT2D eigenvalue weighted by Gasteiger charge is -2.32. The number of rotatable bonds is 5. The van der Waals surface area contributed by atoms with Gasteiger partial charge in [0, 0.05) is 23.6 Å². The quantitative estimate of drug-likeness (QED) is 0.901. The van der Waals surface area contributed by atoms with E-state index in [1.54, 1.807) is 7.11 Å². The smallest absolute Gasteiger partial charge is 0.122 e. The van der Waals surface area contributed by atoms with Crippen LogP contribution in [0.4, 0.5) is 0 Å². The van der Waals surface area contributed by atoms with Gasteiger partial charge >= 0.3 is 0 Å². The summed E-state index contributed by atoms with van der Waals surface area (Å²) in [6, 6.07) is 5.80. The lowest BCUT2D eigenvalue weighted by atomic mass is 9.76. The summed E-state index contributed by atoms with van der Waals surface area (Å²) in [5, 5.41) is 4.05. The molecule has 106 valence electrons. The van der Waals surface area contributed by atoms with Crippen LogP contribution in [0.25, 0.3) is 0 Å². The minimum absolute atomic E-state index is 0.118. The molecule has 0 amide bonds. The second-order valence-electron chi connectivity index (χ2n) is 5.29. The molecule has 1 aromatic rings. The first-order valence-corrected chi connectivity index (χ1v) is 7.08. The summed E-state index contributed by atoms with van der Waals surface area (Å²) in [5.74, 6) is 0.902. The molecule has 1 aliphatic heterocycles. The molecule has 1 fully saturated rings. The van der Waals surface area contributed by atoms with Crippen LogP contribution in [0.1, 0.15) is 18.9 Å². The van der Waals surface area contributed by atoms with Gasteiger partial charge in [-0.15, -0.1) is 0 Å². The van der Waals surface area contributed by atoms with E-state index in [0.717, 1.165) is 42.3 Å². The van der Waals surface area contributed by atoms with Gasteiger partial charge in [0.1, 0.15) is 5.75 Å². The molecule has 1 aromatic carbocycles. The van der Waals surface area contributed by atoms with E-state index < -0.39 is 0 Å². The third-order valence-electron chi connectivity index (χ3n) is 4.14. The standard InChI is InChI=1S/C15H22ClNO2/c1-11-15(10-17-2,6-7-19-11)9-12-8-13(16)4-5-14(12)18-3/h4-5,8,11,17H,6-7,9-10H2,1-3H3. The normalized spacial score (nSPS) is 26.6. The number of ether oxygens (including phenoxy) is 2. The Labute approximate surface area is 120 Å². The van der Waals surface area contributed by atoms with Crippen LogP contribution in [0.15, 0.2) is 18.2 Å². The average molecular weight is 284 g/mol. The van der Waals surface area contributed by atoms with Crippen molar-refractivity contribution < 1.29 is 9.47 Å². The van der Waals surface area contributed by atoms with Crippen molar-refractivity contribution in [1.29, 1.82) is 0 Å². The Morgan fingerprint density at radius 3 is 2.89 bits per heavy atom. The molecule has 4 heteroatoms. The molecule has 1 N–H and O–H groups in total. The van der Waals surface area contributed by atoms with Gasteiger partial charge in [-0.3, -0.25) is 0 Å². The van der Waals surface area contributed by atoms with Crippen LogP contribution < -0.4 is 10.1 Å². The number of halogens is 1. The second-order valence-corrected chi connectivity index (χ2v) is 5.73. The lowest BCUT2D eigenvalue weighted by molar-refractivity contribution is 0.0637. The van der Waals surface area contributed by atoms with Gasteiger partial charge in [0.15, 0.2) is 0 Å². The molecule has 3 nitrogen and oxygen atoms in total. The van der Waals surface area contributed by atoms with E-state index in [0.29, 0.717) is 0 Å². The molecule has 0 aliphatic carbocycles. The summed E-state index contributed by atoms with van der Waals surface area (Å²) in [6.45, 7) is 3.91. The number of nitrogens with one attached hydrogen (secondary N) is 1. The summed E-state index contributed by atoms with van der Waals surface area (Å²) in [7, 11) is 3.69. The summed E-state index contributed by atoms with van der Waals surface area (Å²) in [4.78, 5) is 0. The fraction of sp³-hybridized carbons (Fsp3) is 0.600. The maximum absolute atomic E-state index is 6.12. The molecule has 0 radical (unpaired) electrons.